The molecule has 0 spiro atoms. The van der Waals surface area contributed by atoms with Crippen molar-refractivity contribution in [3.8, 4) is 11.5 Å². The highest BCUT2D eigenvalue weighted by molar-refractivity contribution is 9.10. The predicted octanol–water partition coefficient (Wildman–Crippen LogP) is 3.93. The van der Waals surface area contributed by atoms with Crippen LogP contribution in [0.1, 0.15) is 12.5 Å². The van der Waals surface area contributed by atoms with E-state index >= 15 is 0 Å². The van der Waals surface area contributed by atoms with E-state index in [2.05, 4.69) is 33.0 Å². The van der Waals surface area contributed by atoms with Crippen LogP contribution in [0.4, 0.5) is 0 Å². The van der Waals surface area contributed by atoms with E-state index in [1.54, 1.807) is 25.3 Å². The van der Waals surface area contributed by atoms with Gasteiger partial charge in [-0.25, -0.2) is 5.43 Å². The molecule has 1 N–H and O–H groups in total. The third-order valence-electron chi connectivity index (χ3n) is 3.15. The largest absolute Gasteiger partial charge is 0.490 e. The molecule has 0 bridgehead atoms. The molecule has 1 amide bonds. The van der Waals surface area contributed by atoms with Crippen molar-refractivity contribution in [2.75, 3.05) is 6.61 Å². The van der Waals surface area contributed by atoms with Crippen LogP contribution in [0.3, 0.4) is 0 Å². The van der Waals surface area contributed by atoms with Gasteiger partial charge in [0.2, 0.25) is 0 Å². The van der Waals surface area contributed by atoms with Gasteiger partial charge in [0.25, 0.3) is 5.91 Å². The SMILES string of the molecule is C=CCOc1ccc(/C=N\NC(=O)[C@H](C)Oc2ccccc2Br)cc1. The van der Waals surface area contributed by atoms with Crippen molar-refractivity contribution in [1.29, 1.82) is 0 Å². The van der Waals surface area contributed by atoms with Crippen LogP contribution in [0.5, 0.6) is 11.5 Å². The number of nitrogens with zero attached hydrogens (tertiary/aromatic N) is 1. The molecule has 0 unspecified atom stereocenters. The number of hydrogen-bond acceptors (Lipinski definition) is 4. The molecule has 0 saturated carbocycles. The van der Waals surface area contributed by atoms with Crippen molar-refractivity contribution in [3.63, 3.8) is 0 Å². The summed E-state index contributed by atoms with van der Waals surface area (Å²) in [5.74, 6) is 1.01. The first-order valence-electron chi connectivity index (χ1n) is 7.68. The number of hydrazone groups is 1. The number of benzene rings is 2. The van der Waals surface area contributed by atoms with Crippen molar-refractivity contribution < 1.29 is 14.3 Å². The van der Waals surface area contributed by atoms with Gasteiger partial charge in [-0.2, -0.15) is 5.10 Å². The van der Waals surface area contributed by atoms with E-state index in [1.807, 2.05) is 42.5 Å². The number of ether oxygens (including phenoxy) is 2. The molecule has 0 radical (unpaired) electrons. The summed E-state index contributed by atoms with van der Waals surface area (Å²) in [6.07, 6.45) is 2.56. The zero-order chi connectivity index (χ0) is 18.1. The van der Waals surface area contributed by atoms with E-state index in [4.69, 9.17) is 9.47 Å². The van der Waals surface area contributed by atoms with Crippen molar-refractivity contribution in [1.82, 2.24) is 5.43 Å². The Balaban J connectivity index is 1.85. The maximum atomic E-state index is 12.0. The van der Waals surface area contributed by atoms with E-state index in [1.165, 1.54) is 0 Å². The number of hydrogen-bond donors (Lipinski definition) is 1. The highest BCUT2D eigenvalue weighted by Crippen LogP contribution is 2.24. The van der Waals surface area contributed by atoms with Gasteiger partial charge >= 0.3 is 0 Å². The Labute approximate surface area is 155 Å². The average Bonchev–Trinajstić information content (AvgIpc) is 2.62. The summed E-state index contributed by atoms with van der Waals surface area (Å²) in [5.41, 5.74) is 3.30. The predicted molar refractivity (Wildman–Crippen MR) is 102 cm³/mol. The molecular weight excluding hydrogens is 384 g/mol. The van der Waals surface area contributed by atoms with Crippen molar-refractivity contribution in [3.05, 3.63) is 71.2 Å². The Morgan fingerprint density at radius 2 is 2.00 bits per heavy atom. The van der Waals surface area contributed by atoms with Gasteiger partial charge in [0.05, 0.1) is 10.7 Å². The Bertz CT molecular complexity index is 745. The molecule has 5 nitrogen and oxygen atoms in total. The summed E-state index contributed by atoms with van der Waals surface area (Å²) >= 11 is 3.38. The summed E-state index contributed by atoms with van der Waals surface area (Å²) in [5, 5.41) is 3.95. The zero-order valence-electron chi connectivity index (χ0n) is 13.8. The minimum Gasteiger partial charge on any atom is -0.490 e. The molecule has 130 valence electrons. The molecule has 0 saturated heterocycles. The van der Waals surface area contributed by atoms with Crippen LogP contribution in [0.15, 0.2) is 70.8 Å². The number of para-hydroxylation sites is 1. The standard InChI is InChI=1S/C19H19BrN2O3/c1-3-12-24-16-10-8-15(9-11-16)13-21-22-19(23)14(2)25-18-7-5-4-6-17(18)20/h3-11,13-14H,1,12H2,2H3,(H,22,23)/b21-13-/t14-/m0/s1. The number of rotatable bonds is 8. The fourth-order valence-corrected chi connectivity index (χ4v) is 2.23. The normalized spacial score (nSPS) is 11.8. The van der Waals surface area contributed by atoms with Gasteiger partial charge in [-0.3, -0.25) is 4.79 Å². The van der Waals surface area contributed by atoms with Gasteiger partial charge in [-0.05, 0) is 64.8 Å². The zero-order valence-corrected chi connectivity index (χ0v) is 15.4. The molecule has 6 heteroatoms. The highest BCUT2D eigenvalue weighted by Gasteiger charge is 2.14. The molecule has 0 aromatic heterocycles. The summed E-state index contributed by atoms with van der Waals surface area (Å²) in [6, 6.07) is 14.7. The lowest BCUT2D eigenvalue weighted by Gasteiger charge is -2.13. The maximum absolute atomic E-state index is 12.0. The fourth-order valence-electron chi connectivity index (χ4n) is 1.85. The lowest BCUT2D eigenvalue weighted by molar-refractivity contribution is -0.127. The maximum Gasteiger partial charge on any atom is 0.280 e. The minimum atomic E-state index is -0.675. The number of amides is 1. The van der Waals surface area contributed by atoms with Gasteiger partial charge in [0, 0.05) is 0 Å². The lowest BCUT2D eigenvalue weighted by atomic mass is 10.2. The number of nitrogens with one attached hydrogen (secondary N) is 1. The molecular formula is C19H19BrN2O3. The average molecular weight is 403 g/mol. The molecule has 0 fully saturated rings. The molecule has 1 atom stereocenters. The molecule has 2 rings (SSSR count). The van der Waals surface area contributed by atoms with Crippen molar-refractivity contribution in [2.24, 2.45) is 5.10 Å². The van der Waals surface area contributed by atoms with Gasteiger partial charge in [-0.1, -0.05) is 24.8 Å². The summed E-state index contributed by atoms with van der Waals surface area (Å²) < 4.78 is 11.8. The summed E-state index contributed by atoms with van der Waals surface area (Å²) in [6.45, 7) is 5.72. The van der Waals surface area contributed by atoms with Crippen LogP contribution in [0, 0.1) is 0 Å². The van der Waals surface area contributed by atoms with Crippen LogP contribution < -0.4 is 14.9 Å². The monoisotopic (exact) mass is 402 g/mol. The lowest BCUT2D eigenvalue weighted by Crippen LogP contribution is -2.33. The second-order valence-corrected chi connectivity index (χ2v) is 5.95. The molecule has 0 aliphatic carbocycles. The Hall–Kier alpha value is -2.60. The highest BCUT2D eigenvalue weighted by atomic mass is 79.9. The second kappa shape index (κ2) is 9.64. The molecule has 2 aromatic rings. The van der Waals surface area contributed by atoms with E-state index in [0.717, 1.165) is 15.8 Å². The third kappa shape index (κ3) is 6.08. The van der Waals surface area contributed by atoms with Crippen LogP contribution in [0.2, 0.25) is 0 Å². The van der Waals surface area contributed by atoms with Crippen molar-refractivity contribution >= 4 is 28.1 Å². The first-order chi connectivity index (χ1) is 12.1. The van der Waals surface area contributed by atoms with Crippen molar-refractivity contribution in [2.45, 2.75) is 13.0 Å². The van der Waals surface area contributed by atoms with Crippen LogP contribution in [-0.4, -0.2) is 24.8 Å². The topological polar surface area (TPSA) is 59.9 Å². The van der Waals surface area contributed by atoms with Gasteiger partial charge in [0.15, 0.2) is 6.10 Å². The van der Waals surface area contributed by atoms with E-state index in [9.17, 15) is 4.79 Å². The quantitative estimate of drug-likeness (QED) is 0.413. The Morgan fingerprint density at radius 1 is 1.28 bits per heavy atom. The van der Waals surface area contributed by atoms with Crippen LogP contribution in [-0.2, 0) is 4.79 Å². The Kier molecular flexibility index (Phi) is 7.22. The smallest absolute Gasteiger partial charge is 0.280 e. The fraction of sp³-hybridized carbons (Fsp3) is 0.158. The van der Waals surface area contributed by atoms with Crippen LogP contribution in [0.25, 0.3) is 0 Å². The van der Waals surface area contributed by atoms with E-state index in [0.29, 0.717) is 12.4 Å². The summed E-state index contributed by atoms with van der Waals surface area (Å²) in [7, 11) is 0. The Morgan fingerprint density at radius 3 is 2.68 bits per heavy atom. The number of carbonyl (C=O) groups is 1. The molecule has 0 aliphatic rings. The third-order valence-corrected chi connectivity index (χ3v) is 3.80. The van der Waals surface area contributed by atoms with Gasteiger partial charge < -0.3 is 9.47 Å². The molecule has 0 heterocycles. The minimum absolute atomic E-state index is 0.335. The van der Waals surface area contributed by atoms with E-state index < -0.39 is 6.10 Å². The van der Waals surface area contributed by atoms with Gasteiger partial charge in [-0.15, -0.1) is 0 Å². The molecule has 0 aliphatic heterocycles. The van der Waals surface area contributed by atoms with Crippen LogP contribution >= 0.6 is 15.9 Å². The number of carbonyl (C=O) groups excluding carboxylic acids is 1. The summed E-state index contributed by atoms with van der Waals surface area (Å²) in [4.78, 5) is 12.0. The molecule has 25 heavy (non-hydrogen) atoms. The van der Waals surface area contributed by atoms with Gasteiger partial charge in [0.1, 0.15) is 18.1 Å². The first-order valence-corrected chi connectivity index (χ1v) is 8.47. The molecule has 2 aromatic carbocycles. The van der Waals surface area contributed by atoms with E-state index in [-0.39, 0.29) is 5.91 Å². The number of halogens is 1. The second-order valence-electron chi connectivity index (χ2n) is 5.09. The first kappa shape index (κ1) is 18.7.